The fraction of sp³-hybridized carbons (Fsp3) is 0.275. The fourth-order valence-corrected chi connectivity index (χ4v) is 9.31. The van der Waals surface area contributed by atoms with Gasteiger partial charge in [-0.15, -0.1) is 0 Å². The minimum Gasteiger partial charge on any atom is -0.490 e. The molecule has 2 unspecified atom stereocenters. The molecular weight excluding hydrogens is 609 g/mol. The van der Waals surface area contributed by atoms with Crippen LogP contribution in [-0.4, -0.2) is 25.0 Å². The Kier molecular flexibility index (Phi) is 7.42. The highest BCUT2D eigenvalue weighted by Gasteiger charge is 2.54. The highest BCUT2D eigenvalue weighted by molar-refractivity contribution is 7.86. The van der Waals surface area contributed by atoms with Crippen LogP contribution >= 0.6 is 0 Å². The second-order valence-electron chi connectivity index (χ2n) is 13.1. The number of esters is 1. The van der Waals surface area contributed by atoms with Crippen LogP contribution in [0.1, 0.15) is 83.2 Å². The zero-order valence-electron chi connectivity index (χ0n) is 26.1. The Morgan fingerprint density at radius 1 is 0.702 bits per heavy atom. The van der Waals surface area contributed by atoms with Gasteiger partial charge in [0.05, 0.1) is 12.0 Å². The number of carbonyl (C=O) groups excluding carboxylic acids is 1. The van der Waals surface area contributed by atoms with Gasteiger partial charge in [-0.1, -0.05) is 97.4 Å². The molecule has 0 radical (unpaired) electrons. The third-order valence-corrected chi connectivity index (χ3v) is 11.4. The second-order valence-corrected chi connectivity index (χ2v) is 14.5. The monoisotopic (exact) mass is 644 g/mol. The molecule has 2 bridgehead atoms. The Labute approximate surface area is 275 Å². The molecule has 6 nitrogen and oxygen atoms in total. The Balaban J connectivity index is 1.30. The number of para-hydroxylation sites is 1. The highest BCUT2D eigenvalue weighted by atomic mass is 32.2. The Morgan fingerprint density at radius 2 is 1.23 bits per heavy atom. The smallest absolute Gasteiger partial charge is 0.315 e. The molecule has 238 valence electrons. The minimum absolute atomic E-state index is 0.0965. The Hall–Kier alpha value is -4.46. The third kappa shape index (κ3) is 5.04. The van der Waals surface area contributed by atoms with Gasteiger partial charge in [-0.25, -0.2) is 0 Å². The van der Waals surface area contributed by atoms with Gasteiger partial charge in [0.1, 0.15) is 16.4 Å². The van der Waals surface area contributed by atoms with E-state index in [1.807, 2.05) is 30.3 Å². The first-order valence-electron chi connectivity index (χ1n) is 16.5. The number of hydrogen-bond donors (Lipinski definition) is 1. The molecule has 0 amide bonds. The van der Waals surface area contributed by atoms with Crippen molar-refractivity contribution in [1.29, 1.82) is 0 Å². The van der Waals surface area contributed by atoms with Crippen molar-refractivity contribution in [3.63, 3.8) is 0 Å². The van der Waals surface area contributed by atoms with Crippen molar-refractivity contribution in [3.05, 3.63) is 137 Å². The molecular formula is C40H36O6S. The van der Waals surface area contributed by atoms with E-state index in [1.54, 1.807) is 31.2 Å². The molecule has 1 saturated carbocycles. The predicted molar refractivity (Wildman–Crippen MR) is 181 cm³/mol. The van der Waals surface area contributed by atoms with Gasteiger partial charge in [-0.2, -0.15) is 8.42 Å². The van der Waals surface area contributed by atoms with E-state index in [4.69, 9.17) is 9.47 Å². The SMILES string of the molecule is Cc1cc(S(=O)(=O)O)c2ccccc2c1OC(=O)C1C2c3ccccc3C(c3ccccc32)C1c1ccccc1OC1CCCCC1. The number of benzene rings is 5. The van der Waals surface area contributed by atoms with Crippen molar-refractivity contribution >= 4 is 26.9 Å². The van der Waals surface area contributed by atoms with E-state index in [0.717, 1.165) is 48.1 Å². The third-order valence-electron chi connectivity index (χ3n) is 10.5. The largest absolute Gasteiger partial charge is 0.490 e. The number of ether oxygens (including phenoxy) is 2. The molecule has 0 heterocycles. The Bertz CT molecular complexity index is 2080. The number of carbonyl (C=O) groups is 1. The van der Waals surface area contributed by atoms with Crippen LogP contribution in [0.5, 0.6) is 11.5 Å². The van der Waals surface area contributed by atoms with E-state index in [-0.39, 0.29) is 34.7 Å². The maximum absolute atomic E-state index is 14.9. The van der Waals surface area contributed by atoms with Gasteiger partial charge in [0.2, 0.25) is 0 Å². The van der Waals surface area contributed by atoms with Crippen molar-refractivity contribution in [3.8, 4) is 11.5 Å². The molecule has 2 atom stereocenters. The maximum atomic E-state index is 14.9. The quantitative estimate of drug-likeness (QED) is 0.113. The molecule has 0 saturated heterocycles. The summed E-state index contributed by atoms with van der Waals surface area (Å²) in [6.07, 6.45) is 5.73. The van der Waals surface area contributed by atoms with Crippen LogP contribution in [-0.2, 0) is 14.9 Å². The van der Waals surface area contributed by atoms with Gasteiger partial charge >= 0.3 is 5.97 Å². The first kappa shape index (κ1) is 29.9. The normalized spacial score (nSPS) is 22.0. The van der Waals surface area contributed by atoms with Crippen molar-refractivity contribution in [2.24, 2.45) is 5.92 Å². The van der Waals surface area contributed by atoms with Crippen molar-refractivity contribution in [1.82, 2.24) is 0 Å². The van der Waals surface area contributed by atoms with E-state index in [1.165, 1.54) is 23.6 Å². The number of fused-ring (bicyclic) bond motifs is 2. The van der Waals surface area contributed by atoms with Gasteiger partial charge in [-0.05, 0) is 78.1 Å². The van der Waals surface area contributed by atoms with E-state index < -0.39 is 16.0 Å². The van der Waals surface area contributed by atoms with Crippen molar-refractivity contribution in [2.75, 3.05) is 0 Å². The average molecular weight is 645 g/mol. The zero-order chi connectivity index (χ0) is 32.3. The molecule has 0 aromatic heterocycles. The molecule has 5 aromatic carbocycles. The molecule has 1 fully saturated rings. The lowest BCUT2D eigenvalue weighted by Crippen LogP contribution is -2.44. The zero-order valence-corrected chi connectivity index (χ0v) is 27.0. The van der Waals surface area contributed by atoms with Gasteiger partial charge in [0.25, 0.3) is 10.1 Å². The van der Waals surface area contributed by atoms with Gasteiger partial charge in [0.15, 0.2) is 0 Å². The molecule has 5 aromatic rings. The van der Waals surface area contributed by atoms with Crippen LogP contribution in [0.2, 0.25) is 0 Å². The summed E-state index contributed by atoms with van der Waals surface area (Å²) < 4.78 is 47.8. The lowest BCUT2D eigenvalue weighted by molar-refractivity contribution is -0.141. The van der Waals surface area contributed by atoms with Crippen molar-refractivity contribution in [2.45, 2.75) is 67.8 Å². The molecule has 4 aliphatic rings. The second kappa shape index (κ2) is 11.7. The molecule has 0 aliphatic heterocycles. The maximum Gasteiger partial charge on any atom is 0.315 e. The van der Waals surface area contributed by atoms with Crippen LogP contribution in [0.15, 0.2) is 108 Å². The summed E-state index contributed by atoms with van der Waals surface area (Å²) in [4.78, 5) is 14.7. The Morgan fingerprint density at radius 3 is 1.85 bits per heavy atom. The predicted octanol–water partition coefficient (Wildman–Crippen LogP) is 8.70. The van der Waals surface area contributed by atoms with Crippen LogP contribution in [0.25, 0.3) is 10.8 Å². The standard InChI is InChI=1S/C40H36O6S/c1-24-23-34(47(42,43)44)26-15-5-10-20-31(26)39(24)46-40(41)38-36-29-18-8-6-16-27(29)35(28-17-7-9-19-30(28)36)37(38)32-21-11-12-22-33(32)45-25-13-3-2-4-14-25/h5-12,15-23,25,35-38H,2-4,13-14H2,1H3,(H,42,43,44). The minimum atomic E-state index is -4.51. The summed E-state index contributed by atoms with van der Waals surface area (Å²) in [5, 5.41) is 0.750. The fourth-order valence-electron chi connectivity index (χ4n) is 8.53. The topological polar surface area (TPSA) is 89.9 Å². The molecule has 9 rings (SSSR count). The molecule has 0 spiro atoms. The van der Waals surface area contributed by atoms with E-state index >= 15 is 0 Å². The molecule has 1 N–H and O–H groups in total. The summed E-state index contributed by atoms with van der Waals surface area (Å²) >= 11 is 0. The van der Waals surface area contributed by atoms with Crippen LogP contribution in [0.3, 0.4) is 0 Å². The van der Waals surface area contributed by atoms with E-state index in [9.17, 15) is 17.8 Å². The highest BCUT2D eigenvalue weighted by Crippen LogP contribution is 2.63. The molecule has 4 aliphatic carbocycles. The number of hydrogen-bond acceptors (Lipinski definition) is 5. The lowest BCUT2D eigenvalue weighted by Gasteiger charge is -2.50. The first-order valence-corrected chi connectivity index (χ1v) is 17.9. The van der Waals surface area contributed by atoms with Crippen LogP contribution < -0.4 is 9.47 Å². The van der Waals surface area contributed by atoms with Gasteiger partial charge < -0.3 is 9.47 Å². The van der Waals surface area contributed by atoms with Crippen LogP contribution in [0, 0.1) is 12.8 Å². The number of rotatable bonds is 6. The summed E-state index contributed by atoms with van der Waals surface area (Å²) in [5.74, 6) is -0.456. The van der Waals surface area contributed by atoms with E-state index in [2.05, 4.69) is 42.5 Å². The van der Waals surface area contributed by atoms with Gasteiger partial charge in [0, 0.05) is 28.5 Å². The first-order chi connectivity index (χ1) is 22.8. The molecule has 47 heavy (non-hydrogen) atoms. The van der Waals surface area contributed by atoms with Gasteiger partial charge in [-0.3, -0.25) is 9.35 Å². The van der Waals surface area contributed by atoms with Crippen molar-refractivity contribution < 1.29 is 27.2 Å². The molecule has 7 heteroatoms. The van der Waals surface area contributed by atoms with Crippen LogP contribution in [0.4, 0.5) is 0 Å². The summed E-state index contributed by atoms with van der Waals surface area (Å²) in [6, 6.07) is 33.2. The summed E-state index contributed by atoms with van der Waals surface area (Å²) in [6.45, 7) is 1.70. The summed E-state index contributed by atoms with van der Waals surface area (Å²) in [5.41, 5.74) is 6.15. The van der Waals surface area contributed by atoms with E-state index in [0.29, 0.717) is 22.1 Å². The lowest BCUT2D eigenvalue weighted by atomic mass is 9.52. The summed E-state index contributed by atoms with van der Waals surface area (Å²) in [7, 11) is -4.51. The average Bonchev–Trinajstić information content (AvgIpc) is 3.09. The number of aryl methyl sites for hydroxylation is 1.